The molecular formula is C29H36N2O4S. The van der Waals surface area contributed by atoms with Crippen LogP contribution in [0.25, 0.3) is 0 Å². The minimum atomic E-state index is -0.268. The van der Waals surface area contributed by atoms with Crippen molar-refractivity contribution < 1.29 is 19.1 Å². The molecule has 6 nitrogen and oxygen atoms in total. The van der Waals surface area contributed by atoms with Crippen LogP contribution in [0, 0.1) is 30.1 Å². The first kappa shape index (κ1) is 25.1. The zero-order valence-electron chi connectivity index (χ0n) is 21.5. The molecule has 1 aromatic heterocycles. The highest BCUT2D eigenvalue weighted by molar-refractivity contribution is 7.15. The molecular weight excluding hydrogens is 472 g/mol. The van der Waals surface area contributed by atoms with Gasteiger partial charge in [-0.1, -0.05) is 25.1 Å². The number of hydrogen-bond acceptors (Lipinski definition) is 6. The number of aryl methyl sites for hydroxylation is 2. The molecule has 1 N–H and O–H groups in total. The van der Waals surface area contributed by atoms with Gasteiger partial charge in [-0.15, -0.1) is 11.3 Å². The highest BCUT2D eigenvalue weighted by Crippen LogP contribution is 2.62. The van der Waals surface area contributed by atoms with E-state index in [4.69, 9.17) is 4.74 Å². The largest absolute Gasteiger partial charge is 0.466 e. The minimum absolute atomic E-state index is 0.0131. The summed E-state index contributed by atoms with van der Waals surface area (Å²) in [6.07, 6.45) is 7.84. The van der Waals surface area contributed by atoms with Gasteiger partial charge in [0.15, 0.2) is 5.13 Å². The van der Waals surface area contributed by atoms with Gasteiger partial charge in [-0.25, -0.2) is 4.98 Å². The van der Waals surface area contributed by atoms with Crippen molar-refractivity contribution in [3.8, 4) is 0 Å². The summed E-state index contributed by atoms with van der Waals surface area (Å²) in [4.78, 5) is 43.2. The van der Waals surface area contributed by atoms with Crippen LogP contribution in [0.3, 0.4) is 0 Å². The van der Waals surface area contributed by atoms with Crippen LogP contribution in [0.15, 0.2) is 24.4 Å². The van der Waals surface area contributed by atoms with Gasteiger partial charge in [0.25, 0.3) is 0 Å². The zero-order chi connectivity index (χ0) is 25.4. The number of anilines is 1. The number of benzene rings is 1. The Morgan fingerprint density at radius 1 is 1.28 bits per heavy atom. The summed E-state index contributed by atoms with van der Waals surface area (Å²) in [5.41, 5.74) is 3.49. The normalized spacial score (nSPS) is 28.7. The molecule has 0 radical (unpaired) electrons. The summed E-state index contributed by atoms with van der Waals surface area (Å²) in [6, 6.07) is 6.49. The molecule has 0 saturated heterocycles. The predicted molar refractivity (Wildman–Crippen MR) is 140 cm³/mol. The number of rotatable bonds is 7. The molecule has 5 rings (SSSR count). The number of ketones is 1. The number of fused-ring (bicyclic) bond motifs is 5. The fourth-order valence-electron chi connectivity index (χ4n) is 7.36. The second kappa shape index (κ2) is 10.1. The van der Waals surface area contributed by atoms with E-state index in [0.29, 0.717) is 54.5 Å². The van der Waals surface area contributed by atoms with Crippen LogP contribution >= 0.6 is 11.3 Å². The first-order valence-corrected chi connectivity index (χ1v) is 14.1. The molecule has 0 bridgehead atoms. The summed E-state index contributed by atoms with van der Waals surface area (Å²) in [5, 5.41) is 3.57. The number of nitrogens with one attached hydrogen (secondary N) is 1. The maximum atomic E-state index is 13.2. The van der Waals surface area contributed by atoms with Crippen LogP contribution in [-0.2, 0) is 32.0 Å². The van der Waals surface area contributed by atoms with Gasteiger partial charge in [0.1, 0.15) is 5.78 Å². The lowest BCUT2D eigenvalue weighted by Gasteiger charge is -2.50. The lowest BCUT2D eigenvalue weighted by atomic mass is 9.54. The number of Topliss-reactive ketones (excluding diaryl/α,β-unsaturated/α-hetero) is 1. The molecule has 1 aromatic carbocycles. The Bertz CT molecular complexity index is 1170. The lowest BCUT2D eigenvalue weighted by Crippen LogP contribution is -2.44. The van der Waals surface area contributed by atoms with Crippen LogP contribution in [0.2, 0.25) is 0 Å². The van der Waals surface area contributed by atoms with Crippen LogP contribution in [0.5, 0.6) is 0 Å². The quantitative estimate of drug-likeness (QED) is 0.490. The number of hydrogen-bond donors (Lipinski definition) is 1. The van der Waals surface area contributed by atoms with Crippen molar-refractivity contribution in [2.45, 2.75) is 78.1 Å². The van der Waals surface area contributed by atoms with Crippen molar-refractivity contribution in [3.63, 3.8) is 0 Å². The Morgan fingerprint density at radius 3 is 2.86 bits per heavy atom. The molecule has 2 fully saturated rings. The van der Waals surface area contributed by atoms with Crippen molar-refractivity contribution in [3.05, 3.63) is 46.0 Å². The van der Waals surface area contributed by atoms with Crippen LogP contribution < -0.4 is 5.32 Å². The zero-order valence-corrected chi connectivity index (χ0v) is 22.3. The van der Waals surface area contributed by atoms with E-state index in [-0.39, 0.29) is 23.2 Å². The first-order chi connectivity index (χ1) is 17.3. The fraction of sp³-hybridized carbons (Fsp3) is 0.586. The van der Waals surface area contributed by atoms with Gasteiger partial charge in [0.05, 0.1) is 13.0 Å². The molecule has 3 aliphatic carbocycles. The molecule has 2 saturated carbocycles. The monoisotopic (exact) mass is 508 g/mol. The molecule has 3 aliphatic rings. The standard InChI is InChI=1S/C29H36N2O4S/c1-4-35-26(34)14-18-5-8-21-19(13-18)6-9-23-22(21)11-12-29(3)24(32)15-20(27(23)29)7-10-25(33)31-28-30-16-17(2)36-28/h5,8,13,16,20,22-23,27H,4,6-7,9-12,14-15H2,1-3H3,(H,30,31,33)/t20-,22-,23-,27+,29-/m1/s1. The Morgan fingerprint density at radius 2 is 2.11 bits per heavy atom. The Kier molecular flexibility index (Phi) is 7.03. The number of carbonyl (C=O) groups is 3. The number of amides is 1. The summed E-state index contributed by atoms with van der Waals surface area (Å²) < 4.78 is 5.13. The highest BCUT2D eigenvalue weighted by atomic mass is 32.1. The average molecular weight is 509 g/mol. The maximum absolute atomic E-state index is 13.2. The number of esters is 1. The van der Waals surface area contributed by atoms with Crippen molar-refractivity contribution in [2.75, 3.05) is 11.9 Å². The number of carbonyl (C=O) groups excluding carboxylic acids is 3. The van der Waals surface area contributed by atoms with Crippen molar-refractivity contribution in [2.24, 2.45) is 23.2 Å². The summed E-state index contributed by atoms with van der Waals surface area (Å²) in [6.45, 7) is 6.39. The average Bonchev–Trinajstić information content (AvgIpc) is 3.36. The number of aromatic nitrogens is 1. The van der Waals surface area contributed by atoms with E-state index in [1.54, 1.807) is 6.20 Å². The van der Waals surface area contributed by atoms with Crippen molar-refractivity contribution in [1.29, 1.82) is 0 Å². The van der Waals surface area contributed by atoms with E-state index in [1.165, 1.54) is 22.5 Å². The molecule has 0 spiro atoms. The third-order valence-corrected chi connectivity index (χ3v) is 9.73. The van der Waals surface area contributed by atoms with Crippen LogP contribution in [0.1, 0.15) is 79.9 Å². The number of ether oxygens (including phenoxy) is 1. The fourth-order valence-corrected chi connectivity index (χ4v) is 8.04. The van der Waals surface area contributed by atoms with Gasteiger partial charge in [-0.2, -0.15) is 0 Å². The Balaban J connectivity index is 1.30. The second-order valence-electron chi connectivity index (χ2n) is 11.1. The second-order valence-corrected chi connectivity index (χ2v) is 12.3. The molecule has 192 valence electrons. The van der Waals surface area contributed by atoms with E-state index in [2.05, 4.69) is 35.4 Å². The SMILES string of the molecule is CCOC(=O)Cc1ccc2c(c1)CC[C@H]1[C@@H]3[C@H](CCC(=O)Nc4ncc(C)s4)CC(=O)[C@@]3(C)CC[C@H]21. The predicted octanol–water partition coefficient (Wildman–Crippen LogP) is 5.63. The van der Waals surface area contributed by atoms with E-state index in [9.17, 15) is 14.4 Å². The molecule has 1 heterocycles. The maximum Gasteiger partial charge on any atom is 0.310 e. The van der Waals surface area contributed by atoms with Gasteiger partial charge in [-0.3, -0.25) is 14.4 Å². The van der Waals surface area contributed by atoms with Crippen molar-refractivity contribution in [1.82, 2.24) is 4.98 Å². The topological polar surface area (TPSA) is 85.4 Å². The van der Waals surface area contributed by atoms with Gasteiger partial charge in [-0.05, 0) is 86.3 Å². The van der Waals surface area contributed by atoms with E-state index >= 15 is 0 Å². The third kappa shape index (κ3) is 4.74. The van der Waals surface area contributed by atoms with Gasteiger partial charge < -0.3 is 10.1 Å². The summed E-state index contributed by atoms with van der Waals surface area (Å²) in [7, 11) is 0. The molecule has 7 heteroatoms. The molecule has 0 unspecified atom stereocenters. The number of nitrogens with zero attached hydrogens (tertiary/aromatic N) is 1. The Labute approximate surface area is 217 Å². The Hall–Kier alpha value is -2.54. The molecule has 36 heavy (non-hydrogen) atoms. The van der Waals surface area contributed by atoms with Crippen molar-refractivity contribution >= 4 is 34.1 Å². The smallest absolute Gasteiger partial charge is 0.310 e. The molecule has 5 atom stereocenters. The first-order valence-electron chi connectivity index (χ1n) is 13.3. The molecule has 2 aromatic rings. The van der Waals surface area contributed by atoms with E-state index < -0.39 is 0 Å². The summed E-state index contributed by atoms with van der Waals surface area (Å²) in [5.74, 6) is 1.69. The third-order valence-electron chi connectivity index (χ3n) is 8.90. The van der Waals surface area contributed by atoms with Gasteiger partial charge in [0.2, 0.25) is 5.91 Å². The highest BCUT2D eigenvalue weighted by Gasteiger charge is 2.58. The lowest BCUT2D eigenvalue weighted by molar-refractivity contribution is -0.142. The molecule has 0 aliphatic heterocycles. The van der Waals surface area contributed by atoms with E-state index in [0.717, 1.165) is 42.5 Å². The number of thiazole rings is 1. The van der Waals surface area contributed by atoms with Gasteiger partial charge >= 0.3 is 5.97 Å². The van der Waals surface area contributed by atoms with Crippen LogP contribution in [0.4, 0.5) is 5.13 Å². The molecule has 1 amide bonds. The van der Waals surface area contributed by atoms with Crippen LogP contribution in [-0.4, -0.2) is 29.3 Å². The van der Waals surface area contributed by atoms with E-state index in [1.807, 2.05) is 13.8 Å². The minimum Gasteiger partial charge on any atom is -0.466 e. The summed E-state index contributed by atoms with van der Waals surface area (Å²) >= 11 is 1.48. The van der Waals surface area contributed by atoms with Gasteiger partial charge in [0, 0.05) is 29.3 Å².